The molecule has 8 heteroatoms. The predicted octanol–water partition coefficient (Wildman–Crippen LogP) is -0.0351. The first-order chi connectivity index (χ1) is 11.3. The summed E-state index contributed by atoms with van der Waals surface area (Å²) in [5.41, 5.74) is 0.509. The van der Waals surface area contributed by atoms with Gasteiger partial charge in [-0.2, -0.15) is 0 Å². The van der Waals surface area contributed by atoms with Crippen LogP contribution in [0.1, 0.15) is 5.56 Å². The minimum absolute atomic E-state index is 0.00298. The molecule has 1 aliphatic rings. The van der Waals surface area contributed by atoms with E-state index in [0.29, 0.717) is 5.56 Å². The van der Waals surface area contributed by atoms with E-state index < -0.39 is 23.9 Å². The third-order valence-electron chi connectivity index (χ3n) is 4.13. The molecule has 1 aliphatic heterocycles. The van der Waals surface area contributed by atoms with Crippen LogP contribution in [0.25, 0.3) is 0 Å². The Labute approximate surface area is 139 Å². The second-order valence-corrected chi connectivity index (χ2v) is 5.89. The van der Waals surface area contributed by atoms with Crippen molar-refractivity contribution in [3.63, 3.8) is 0 Å². The van der Waals surface area contributed by atoms with Gasteiger partial charge in [-0.3, -0.25) is 14.5 Å². The van der Waals surface area contributed by atoms with E-state index in [0.717, 1.165) is 0 Å². The number of nitrogens with zero attached hydrogens (tertiary/aromatic N) is 2. The van der Waals surface area contributed by atoms with E-state index in [1.54, 1.807) is 13.1 Å². The molecule has 2 atom stereocenters. The minimum Gasteiger partial charge on any atom is -0.494 e. The van der Waals surface area contributed by atoms with Gasteiger partial charge >= 0.3 is 5.97 Å². The molecule has 1 saturated heterocycles. The maximum Gasteiger partial charge on any atom is 0.317 e. The largest absolute Gasteiger partial charge is 0.494 e. The third-order valence-corrected chi connectivity index (χ3v) is 4.13. The molecular formula is C16H21FN2O5. The van der Waals surface area contributed by atoms with Crippen molar-refractivity contribution in [3.8, 4) is 5.75 Å². The summed E-state index contributed by atoms with van der Waals surface area (Å²) in [7, 11) is 2.96. The van der Waals surface area contributed by atoms with E-state index in [4.69, 9.17) is 9.84 Å². The summed E-state index contributed by atoms with van der Waals surface area (Å²) in [6.07, 6.45) is -0.811. The van der Waals surface area contributed by atoms with Gasteiger partial charge in [0.05, 0.1) is 32.2 Å². The van der Waals surface area contributed by atoms with Gasteiger partial charge in [0.2, 0.25) is 5.91 Å². The van der Waals surface area contributed by atoms with Crippen LogP contribution in [0.4, 0.5) is 4.39 Å². The smallest absolute Gasteiger partial charge is 0.317 e. The summed E-state index contributed by atoms with van der Waals surface area (Å²) in [4.78, 5) is 26.1. The number of hydrogen-bond acceptors (Lipinski definition) is 5. The molecule has 0 aromatic heterocycles. The number of hydrogen-bond donors (Lipinski definition) is 2. The highest BCUT2D eigenvalue weighted by Gasteiger charge is 2.36. The molecule has 1 aromatic carbocycles. The zero-order valence-electron chi connectivity index (χ0n) is 13.6. The van der Waals surface area contributed by atoms with Crippen LogP contribution in [0.3, 0.4) is 0 Å². The average molecular weight is 340 g/mol. The van der Waals surface area contributed by atoms with Crippen LogP contribution in [0.2, 0.25) is 0 Å². The number of amides is 1. The van der Waals surface area contributed by atoms with Crippen LogP contribution in [0.15, 0.2) is 18.2 Å². The van der Waals surface area contributed by atoms with Crippen LogP contribution >= 0.6 is 0 Å². The lowest BCUT2D eigenvalue weighted by atomic mass is 10.1. The lowest BCUT2D eigenvalue weighted by Crippen LogP contribution is -2.43. The van der Waals surface area contributed by atoms with E-state index in [1.165, 1.54) is 29.0 Å². The topological polar surface area (TPSA) is 90.3 Å². The predicted molar refractivity (Wildman–Crippen MR) is 83.3 cm³/mol. The third kappa shape index (κ3) is 4.21. The number of likely N-dealkylation sites (tertiary alicyclic amines) is 1. The van der Waals surface area contributed by atoms with E-state index in [9.17, 15) is 19.1 Å². The number of aliphatic carboxylic acids is 1. The molecule has 24 heavy (non-hydrogen) atoms. The van der Waals surface area contributed by atoms with E-state index in [2.05, 4.69) is 0 Å². The number of likely N-dealkylation sites (N-methyl/N-ethyl adjacent to an activating group) is 1. The second-order valence-electron chi connectivity index (χ2n) is 5.89. The lowest BCUT2D eigenvalue weighted by molar-refractivity contribution is -0.138. The van der Waals surface area contributed by atoms with Gasteiger partial charge in [-0.1, -0.05) is 6.07 Å². The SMILES string of the molecule is COc1ccc(CC(=O)N2CC(N(C)CC(=O)O)[C@H](O)C2)cc1F. The first-order valence-corrected chi connectivity index (χ1v) is 7.52. The van der Waals surface area contributed by atoms with Crippen molar-refractivity contribution >= 4 is 11.9 Å². The van der Waals surface area contributed by atoms with Crippen molar-refractivity contribution in [2.24, 2.45) is 0 Å². The molecule has 0 saturated carbocycles. The minimum atomic E-state index is -0.997. The second kappa shape index (κ2) is 7.59. The zero-order valence-corrected chi connectivity index (χ0v) is 13.6. The zero-order chi connectivity index (χ0) is 17.9. The first-order valence-electron chi connectivity index (χ1n) is 7.52. The van der Waals surface area contributed by atoms with Crippen molar-refractivity contribution < 1.29 is 28.9 Å². The average Bonchev–Trinajstić information content (AvgIpc) is 2.89. The fourth-order valence-corrected chi connectivity index (χ4v) is 2.84. The molecule has 2 rings (SSSR count). The Bertz CT molecular complexity index is 624. The summed E-state index contributed by atoms with van der Waals surface area (Å²) in [5, 5.41) is 18.9. The number of methoxy groups -OCH3 is 1. The number of aliphatic hydroxyl groups excluding tert-OH is 1. The molecule has 0 aliphatic carbocycles. The summed E-state index contributed by atoms with van der Waals surface area (Å²) in [5.74, 6) is -1.67. The number of aliphatic hydroxyl groups is 1. The Kier molecular flexibility index (Phi) is 5.74. The van der Waals surface area contributed by atoms with Crippen molar-refractivity contribution in [2.75, 3.05) is 33.8 Å². The monoisotopic (exact) mass is 340 g/mol. The summed E-state index contributed by atoms with van der Waals surface area (Å²) < 4.78 is 18.5. The highest BCUT2D eigenvalue weighted by molar-refractivity contribution is 5.79. The van der Waals surface area contributed by atoms with Gasteiger partial charge in [0.1, 0.15) is 0 Å². The van der Waals surface area contributed by atoms with E-state index >= 15 is 0 Å². The normalized spacial score (nSPS) is 20.5. The van der Waals surface area contributed by atoms with Crippen molar-refractivity contribution in [1.29, 1.82) is 0 Å². The number of β-amino-alcohol motifs (C(OH)–C–C–N with tert-alkyl or cyclic N) is 1. The molecule has 1 amide bonds. The first kappa shape index (κ1) is 18.2. The van der Waals surface area contributed by atoms with Crippen molar-refractivity contribution in [2.45, 2.75) is 18.6 Å². The number of halogens is 1. The number of benzene rings is 1. The summed E-state index contributed by atoms with van der Waals surface area (Å²) in [6.45, 7) is 0.155. The molecule has 1 fully saturated rings. The van der Waals surface area contributed by atoms with E-state index in [1.807, 2.05) is 0 Å². The Hall–Kier alpha value is -2.19. The van der Waals surface area contributed by atoms with Crippen LogP contribution < -0.4 is 4.74 Å². The fourth-order valence-electron chi connectivity index (χ4n) is 2.84. The number of carbonyl (C=O) groups excluding carboxylic acids is 1. The van der Waals surface area contributed by atoms with Gasteiger partial charge in [-0.05, 0) is 24.7 Å². The Morgan fingerprint density at radius 1 is 1.42 bits per heavy atom. The molecule has 1 heterocycles. The molecular weight excluding hydrogens is 319 g/mol. The highest BCUT2D eigenvalue weighted by Crippen LogP contribution is 2.20. The number of rotatable bonds is 6. The Balaban J connectivity index is 1.98. The number of carboxylic acids is 1. The molecule has 0 spiro atoms. The molecule has 0 bridgehead atoms. The summed E-state index contributed by atoms with van der Waals surface area (Å²) in [6, 6.07) is 3.88. The van der Waals surface area contributed by atoms with Gasteiger partial charge in [-0.25, -0.2) is 4.39 Å². The Morgan fingerprint density at radius 3 is 2.71 bits per heavy atom. The van der Waals surface area contributed by atoms with Gasteiger partial charge in [0.25, 0.3) is 0 Å². The summed E-state index contributed by atoms with van der Waals surface area (Å²) >= 11 is 0. The van der Waals surface area contributed by atoms with Gasteiger partial charge in [0.15, 0.2) is 11.6 Å². The number of ether oxygens (including phenoxy) is 1. The molecule has 0 radical (unpaired) electrons. The van der Waals surface area contributed by atoms with Crippen molar-refractivity contribution in [3.05, 3.63) is 29.6 Å². The molecule has 132 valence electrons. The maximum atomic E-state index is 13.7. The van der Waals surface area contributed by atoms with Gasteiger partial charge in [-0.15, -0.1) is 0 Å². The van der Waals surface area contributed by atoms with Crippen LogP contribution in [-0.4, -0.2) is 77.8 Å². The van der Waals surface area contributed by atoms with Gasteiger partial charge in [0, 0.05) is 13.1 Å². The number of carbonyl (C=O) groups is 2. The standard InChI is InChI=1S/C16H21FN2O5/c1-18(9-16(22)23)12-7-19(8-13(12)20)15(21)6-10-3-4-14(24-2)11(17)5-10/h3-5,12-13,20H,6-9H2,1-2H3,(H,22,23)/t12?,13-/m1/s1. The van der Waals surface area contributed by atoms with E-state index in [-0.39, 0.29) is 37.7 Å². The fraction of sp³-hybridized carbons (Fsp3) is 0.500. The van der Waals surface area contributed by atoms with Crippen LogP contribution in [0.5, 0.6) is 5.75 Å². The number of carboxylic acid groups (broad SMARTS) is 1. The quantitative estimate of drug-likeness (QED) is 0.756. The molecule has 1 aromatic rings. The van der Waals surface area contributed by atoms with Crippen molar-refractivity contribution in [1.82, 2.24) is 9.80 Å². The van der Waals surface area contributed by atoms with Crippen LogP contribution in [-0.2, 0) is 16.0 Å². The molecule has 2 N–H and O–H groups in total. The van der Waals surface area contributed by atoms with Gasteiger partial charge < -0.3 is 19.8 Å². The molecule has 1 unspecified atom stereocenters. The van der Waals surface area contributed by atoms with Crippen LogP contribution in [0, 0.1) is 5.82 Å². The Morgan fingerprint density at radius 2 is 2.12 bits per heavy atom. The lowest BCUT2D eigenvalue weighted by Gasteiger charge is -2.24. The highest BCUT2D eigenvalue weighted by atomic mass is 19.1. The maximum absolute atomic E-state index is 13.7. The molecule has 7 nitrogen and oxygen atoms in total.